The molecule has 88 valence electrons. The standard InChI is InChI=1S/C12H16.C3H7N/c1-10-6-5-8-12(3,4)9-7-11(10)2;1-3(2)4/h5-9H,2H2,1,3-4H3;4H,1-2H3/b8-5-,9-7-,10-6-;. The van der Waals surface area contributed by atoms with Crippen molar-refractivity contribution >= 4 is 5.71 Å². The fraction of sp³-hybridized carbons (Fsp3) is 0.400. The maximum absolute atomic E-state index is 6.50. The van der Waals surface area contributed by atoms with Gasteiger partial charge in [0.2, 0.25) is 0 Å². The Morgan fingerprint density at radius 1 is 1.25 bits per heavy atom. The van der Waals surface area contributed by atoms with E-state index in [-0.39, 0.29) is 5.41 Å². The molecule has 0 spiro atoms. The van der Waals surface area contributed by atoms with Crippen molar-refractivity contribution in [3.63, 3.8) is 0 Å². The molecule has 1 rings (SSSR count). The first-order chi connectivity index (χ1) is 7.24. The summed E-state index contributed by atoms with van der Waals surface area (Å²) in [6.07, 6.45) is 10.7. The first kappa shape index (κ1) is 14.6. The van der Waals surface area contributed by atoms with Crippen LogP contribution in [0, 0.1) is 10.8 Å². The van der Waals surface area contributed by atoms with Crippen LogP contribution < -0.4 is 0 Å². The van der Waals surface area contributed by atoms with Crippen LogP contribution in [0.4, 0.5) is 0 Å². The topological polar surface area (TPSA) is 23.9 Å². The zero-order valence-corrected chi connectivity index (χ0v) is 11.1. The maximum Gasteiger partial charge on any atom is 0.00272 e. The number of rotatable bonds is 0. The fourth-order valence-corrected chi connectivity index (χ4v) is 1.05. The van der Waals surface area contributed by atoms with E-state index in [2.05, 4.69) is 57.7 Å². The minimum absolute atomic E-state index is 0.153. The van der Waals surface area contributed by atoms with Gasteiger partial charge in [0.05, 0.1) is 0 Å². The SMILES string of the molecule is C=C1/C=C\C(C)(C)/C=C\C=C/1C.CC(C)=N. The van der Waals surface area contributed by atoms with E-state index in [0.29, 0.717) is 5.71 Å². The monoisotopic (exact) mass is 217 g/mol. The number of hydrogen-bond donors (Lipinski definition) is 1. The van der Waals surface area contributed by atoms with Gasteiger partial charge >= 0.3 is 0 Å². The van der Waals surface area contributed by atoms with Gasteiger partial charge in [-0.25, -0.2) is 0 Å². The molecule has 16 heavy (non-hydrogen) atoms. The lowest BCUT2D eigenvalue weighted by molar-refractivity contribution is 0.625. The van der Waals surface area contributed by atoms with Crippen molar-refractivity contribution in [3.8, 4) is 0 Å². The molecular formula is C15H23N. The van der Waals surface area contributed by atoms with Crippen LogP contribution in [0.2, 0.25) is 0 Å². The number of allylic oxidation sites excluding steroid dienone is 7. The minimum Gasteiger partial charge on any atom is -0.310 e. The van der Waals surface area contributed by atoms with Gasteiger partial charge in [-0.05, 0) is 31.9 Å². The highest BCUT2D eigenvalue weighted by Crippen LogP contribution is 2.23. The second-order valence-electron chi connectivity index (χ2n) is 4.89. The van der Waals surface area contributed by atoms with Crippen LogP contribution in [0.3, 0.4) is 0 Å². The largest absolute Gasteiger partial charge is 0.310 e. The summed E-state index contributed by atoms with van der Waals surface area (Å²) in [6, 6.07) is 0. The van der Waals surface area contributed by atoms with E-state index in [1.165, 1.54) is 5.57 Å². The number of nitrogens with one attached hydrogen (secondary N) is 1. The molecule has 0 unspecified atom stereocenters. The van der Waals surface area contributed by atoms with Crippen molar-refractivity contribution in [2.24, 2.45) is 5.41 Å². The normalized spacial score (nSPS) is 25.1. The van der Waals surface area contributed by atoms with E-state index in [0.717, 1.165) is 5.57 Å². The van der Waals surface area contributed by atoms with Gasteiger partial charge in [0.25, 0.3) is 0 Å². The van der Waals surface area contributed by atoms with Crippen LogP contribution in [-0.2, 0) is 0 Å². The second kappa shape index (κ2) is 6.26. The molecule has 0 fully saturated rings. The van der Waals surface area contributed by atoms with Gasteiger partial charge in [-0.15, -0.1) is 0 Å². The van der Waals surface area contributed by atoms with Crippen LogP contribution >= 0.6 is 0 Å². The second-order valence-corrected chi connectivity index (χ2v) is 4.89. The Balaban J connectivity index is 0.000000487. The van der Waals surface area contributed by atoms with Crippen molar-refractivity contribution < 1.29 is 0 Å². The molecule has 0 aromatic rings. The highest BCUT2D eigenvalue weighted by atomic mass is 14.3. The zero-order valence-electron chi connectivity index (χ0n) is 11.1. The van der Waals surface area contributed by atoms with E-state index in [1.807, 2.05) is 0 Å². The van der Waals surface area contributed by atoms with Gasteiger partial charge in [-0.3, -0.25) is 0 Å². The third-order valence-corrected chi connectivity index (χ3v) is 2.09. The molecule has 0 atom stereocenters. The third kappa shape index (κ3) is 6.99. The molecule has 0 radical (unpaired) electrons. The Morgan fingerprint density at radius 3 is 2.25 bits per heavy atom. The molecule has 1 aliphatic carbocycles. The van der Waals surface area contributed by atoms with Gasteiger partial charge in [0.1, 0.15) is 0 Å². The van der Waals surface area contributed by atoms with Gasteiger partial charge in [-0.1, -0.05) is 50.8 Å². The zero-order chi connectivity index (χ0) is 12.8. The maximum atomic E-state index is 6.50. The van der Waals surface area contributed by atoms with Crippen molar-refractivity contribution in [2.45, 2.75) is 34.6 Å². The van der Waals surface area contributed by atoms with Gasteiger partial charge < -0.3 is 5.41 Å². The lowest BCUT2D eigenvalue weighted by Gasteiger charge is -2.16. The Kier molecular flexibility index (Phi) is 5.73. The van der Waals surface area contributed by atoms with E-state index in [1.54, 1.807) is 13.8 Å². The molecule has 0 saturated carbocycles. The summed E-state index contributed by atoms with van der Waals surface area (Å²) < 4.78 is 0. The van der Waals surface area contributed by atoms with Gasteiger partial charge in [-0.2, -0.15) is 0 Å². The minimum atomic E-state index is 0.153. The third-order valence-electron chi connectivity index (χ3n) is 2.09. The summed E-state index contributed by atoms with van der Waals surface area (Å²) in [5.41, 5.74) is 3.16. The van der Waals surface area contributed by atoms with Crippen LogP contribution in [0.5, 0.6) is 0 Å². The van der Waals surface area contributed by atoms with Crippen molar-refractivity contribution in [1.29, 1.82) is 5.41 Å². The Morgan fingerprint density at radius 2 is 1.75 bits per heavy atom. The summed E-state index contributed by atoms with van der Waals surface area (Å²) >= 11 is 0. The van der Waals surface area contributed by atoms with Crippen LogP contribution in [0.1, 0.15) is 34.6 Å². The Labute approximate surface area is 99.8 Å². The molecule has 0 amide bonds. The molecule has 0 saturated heterocycles. The molecule has 1 aliphatic rings. The molecule has 1 heteroatoms. The molecule has 0 aromatic carbocycles. The van der Waals surface area contributed by atoms with Crippen molar-refractivity contribution in [2.75, 3.05) is 0 Å². The molecule has 0 heterocycles. The first-order valence-corrected chi connectivity index (χ1v) is 5.51. The molecule has 1 N–H and O–H groups in total. The highest BCUT2D eigenvalue weighted by Gasteiger charge is 2.09. The first-order valence-electron chi connectivity index (χ1n) is 5.51. The lowest BCUT2D eigenvalue weighted by Crippen LogP contribution is -2.03. The summed E-state index contributed by atoms with van der Waals surface area (Å²) in [4.78, 5) is 0. The van der Waals surface area contributed by atoms with E-state index in [4.69, 9.17) is 5.41 Å². The van der Waals surface area contributed by atoms with E-state index in [9.17, 15) is 0 Å². The van der Waals surface area contributed by atoms with Crippen LogP contribution in [0.25, 0.3) is 0 Å². The van der Waals surface area contributed by atoms with Crippen LogP contribution in [0.15, 0.2) is 48.1 Å². The lowest BCUT2D eigenvalue weighted by atomic mass is 9.89. The van der Waals surface area contributed by atoms with Crippen molar-refractivity contribution in [1.82, 2.24) is 0 Å². The highest BCUT2D eigenvalue weighted by molar-refractivity contribution is 5.75. The van der Waals surface area contributed by atoms with E-state index < -0.39 is 0 Å². The van der Waals surface area contributed by atoms with Crippen LogP contribution in [-0.4, -0.2) is 5.71 Å². The molecular weight excluding hydrogens is 194 g/mol. The smallest absolute Gasteiger partial charge is 0.00272 e. The number of hydrogen-bond acceptors (Lipinski definition) is 1. The summed E-state index contributed by atoms with van der Waals surface area (Å²) in [7, 11) is 0. The molecule has 0 aliphatic heterocycles. The average molecular weight is 217 g/mol. The fourth-order valence-electron chi connectivity index (χ4n) is 1.05. The van der Waals surface area contributed by atoms with Crippen molar-refractivity contribution in [3.05, 3.63) is 48.1 Å². The predicted octanol–water partition coefficient (Wildman–Crippen LogP) is 4.69. The quantitative estimate of drug-likeness (QED) is 0.569. The molecule has 1 nitrogen and oxygen atoms in total. The van der Waals surface area contributed by atoms with Gasteiger partial charge in [0, 0.05) is 11.1 Å². The molecule has 0 aromatic heterocycles. The Bertz CT molecular complexity index is 348. The summed E-state index contributed by atoms with van der Waals surface area (Å²) in [6.45, 7) is 13.9. The van der Waals surface area contributed by atoms with Gasteiger partial charge in [0.15, 0.2) is 0 Å². The summed E-state index contributed by atoms with van der Waals surface area (Å²) in [5.74, 6) is 0. The Hall–Kier alpha value is -1.37. The predicted molar refractivity (Wildman–Crippen MR) is 74.0 cm³/mol. The summed E-state index contributed by atoms with van der Waals surface area (Å²) in [5, 5.41) is 6.50. The average Bonchev–Trinajstić information content (AvgIpc) is 2.11. The van der Waals surface area contributed by atoms with E-state index >= 15 is 0 Å². The molecule has 0 bridgehead atoms.